The van der Waals surface area contributed by atoms with Gasteiger partial charge in [0.25, 0.3) is 5.91 Å². The van der Waals surface area contributed by atoms with Gasteiger partial charge < -0.3 is 9.88 Å². The molecule has 0 bridgehead atoms. The van der Waals surface area contributed by atoms with Gasteiger partial charge in [0.15, 0.2) is 0 Å². The fourth-order valence-corrected chi connectivity index (χ4v) is 3.18. The molecule has 0 spiro atoms. The van der Waals surface area contributed by atoms with E-state index in [1.807, 2.05) is 29.3 Å². The molecule has 1 aromatic heterocycles. The van der Waals surface area contributed by atoms with Crippen molar-refractivity contribution in [3.05, 3.63) is 34.4 Å². The molecule has 19 heavy (non-hydrogen) atoms. The second kappa shape index (κ2) is 5.00. The van der Waals surface area contributed by atoms with E-state index >= 15 is 0 Å². The summed E-state index contributed by atoms with van der Waals surface area (Å²) in [6, 6.07) is 5.98. The SMILES string of the molecule is CC1CCCN(C(=O)c2c[nH]c3ccc(Br)cc23)C1. The van der Waals surface area contributed by atoms with Gasteiger partial charge >= 0.3 is 0 Å². The number of piperidine rings is 1. The summed E-state index contributed by atoms with van der Waals surface area (Å²) < 4.78 is 1.00. The van der Waals surface area contributed by atoms with Gasteiger partial charge in [-0.15, -0.1) is 0 Å². The zero-order chi connectivity index (χ0) is 13.4. The number of fused-ring (bicyclic) bond motifs is 1. The molecule has 1 saturated heterocycles. The molecule has 4 heteroatoms. The molecule has 0 aliphatic carbocycles. The summed E-state index contributed by atoms with van der Waals surface area (Å²) in [6.45, 7) is 3.97. The molecule has 1 aliphatic rings. The standard InChI is InChI=1S/C15H17BrN2O/c1-10-3-2-6-18(9-10)15(19)13-8-17-14-5-4-11(16)7-12(13)14/h4-5,7-8,10,17H,2-3,6,9H2,1H3. The number of likely N-dealkylation sites (tertiary alicyclic amines) is 1. The Balaban J connectivity index is 1.95. The van der Waals surface area contributed by atoms with Crippen LogP contribution in [0.3, 0.4) is 0 Å². The number of H-pyrrole nitrogens is 1. The lowest BCUT2D eigenvalue weighted by atomic mass is 9.99. The number of aromatic nitrogens is 1. The average Bonchev–Trinajstić information content (AvgIpc) is 2.80. The first kappa shape index (κ1) is 12.7. The molecule has 100 valence electrons. The highest BCUT2D eigenvalue weighted by Gasteiger charge is 2.23. The summed E-state index contributed by atoms with van der Waals surface area (Å²) in [4.78, 5) is 17.8. The maximum Gasteiger partial charge on any atom is 0.256 e. The van der Waals surface area contributed by atoms with Gasteiger partial charge in [0.05, 0.1) is 5.56 Å². The first-order valence-electron chi connectivity index (χ1n) is 6.71. The molecular weight excluding hydrogens is 304 g/mol. The van der Waals surface area contributed by atoms with Crippen molar-refractivity contribution < 1.29 is 4.79 Å². The summed E-state index contributed by atoms with van der Waals surface area (Å²) in [5.74, 6) is 0.755. The lowest BCUT2D eigenvalue weighted by molar-refractivity contribution is 0.0685. The maximum absolute atomic E-state index is 12.6. The molecule has 2 heterocycles. The molecule has 1 amide bonds. The van der Waals surface area contributed by atoms with Gasteiger partial charge in [0.1, 0.15) is 0 Å². The van der Waals surface area contributed by atoms with Gasteiger partial charge in [0.2, 0.25) is 0 Å². The van der Waals surface area contributed by atoms with Crippen molar-refractivity contribution in [3.63, 3.8) is 0 Å². The molecule has 2 aromatic rings. The van der Waals surface area contributed by atoms with Crippen molar-refractivity contribution in [2.45, 2.75) is 19.8 Å². The summed E-state index contributed by atoms with van der Waals surface area (Å²) in [5.41, 5.74) is 1.79. The highest BCUT2D eigenvalue weighted by Crippen LogP contribution is 2.25. The topological polar surface area (TPSA) is 36.1 Å². The number of benzene rings is 1. The molecule has 1 unspecified atom stereocenters. The lowest BCUT2D eigenvalue weighted by Gasteiger charge is -2.30. The minimum absolute atomic E-state index is 0.149. The minimum Gasteiger partial charge on any atom is -0.360 e. The van der Waals surface area contributed by atoms with Crippen LogP contribution in [0.25, 0.3) is 10.9 Å². The van der Waals surface area contributed by atoms with E-state index in [-0.39, 0.29) is 5.91 Å². The number of rotatable bonds is 1. The fourth-order valence-electron chi connectivity index (χ4n) is 2.81. The van der Waals surface area contributed by atoms with Crippen LogP contribution in [0, 0.1) is 5.92 Å². The van der Waals surface area contributed by atoms with Crippen LogP contribution >= 0.6 is 15.9 Å². The molecule has 0 radical (unpaired) electrons. The number of hydrogen-bond acceptors (Lipinski definition) is 1. The van der Waals surface area contributed by atoms with Gasteiger partial charge in [-0.2, -0.15) is 0 Å². The number of carbonyl (C=O) groups is 1. The van der Waals surface area contributed by atoms with Gasteiger partial charge in [-0.1, -0.05) is 22.9 Å². The van der Waals surface area contributed by atoms with Crippen molar-refractivity contribution in [1.29, 1.82) is 0 Å². The van der Waals surface area contributed by atoms with E-state index in [4.69, 9.17) is 0 Å². The van der Waals surface area contributed by atoms with Crippen molar-refractivity contribution in [2.24, 2.45) is 5.92 Å². The van der Waals surface area contributed by atoms with Crippen LogP contribution in [0.2, 0.25) is 0 Å². The highest BCUT2D eigenvalue weighted by atomic mass is 79.9. The zero-order valence-corrected chi connectivity index (χ0v) is 12.5. The van der Waals surface area contributed by atoms with Gasteiger partial charge in [0, 0.05) is 34.7 Å². The van der Waals surface area contributed by atoms with Crippen LogP contribution in [-0.2, 0) is 0 Å². The predicted molar refractivity (Wildman–Crippen MR) is 80.3 cm³/mol. The number of aromatic amines is 1. The second-order valence-corrected chi connectivity index (χ2v) is 6.31. The number of nitrogens with zero attached hydrogens (tertiary/aromatic N) is 1. The first-order valence-corrected chi connectivity index (χ1v) is 7.50. The highest BCUT2D eigenvalue weighted by molar-refractivity contribution is 9.10. The van der Waals surface area contributed by atoms with Gasteiger partial charge in [-0.05, 0) is 37.0 Å². The van der Waals surface area contributed by atoms with E-state index in [9.17, 15) is 4.79 Å². The lowest BCUT2D eigenvalue weighted by Crippen LogP contribution is -2.39. The third-order valence-corrected chi connectivity index (χ3v) is 4.31. The van der Waals surface area contributed by atoms with Gasteiger partial charge in [-0.25, -0.2) is 0 Å². The van der Waals surface area contributed by atoms with E-state index in [1.54, 1.807) is 0 Å². The van der Waals surface area contributed by atoms with Crippen LogP contribution in [0.15, 0.2) is 28.9 Å². The van der Waals surface area contributed by atoms with Gasteiger partial charge in [-0.3, -0.25) is 4.79 Å². The summed E-state index contributed by atoms with van der Waals surface area (Å²) in [5, 5.41) is 0.998. The Morgan fingerprint density at radius 3 is 3.11 bits per heavy atom. The summed E-state index contributed by atoms with van der Waals surface area (Å²) in [6.07, 6.45) is 4.17. The molecule has 1 N–H and O–H groups in total. The number of carbonyl (C=O) groups excluding carboxylic acids is 1. The quantitative estimate of drug-likeness (QED) is 0.852. The minimum atomic E-state index is 0.149. The van der Waals surface area contributed by atoms with Crippen LogP contribution in [0.5, 0.6) is 0 Å². The monoisotopic (exact) mass is 320 g/mol. The van der Waals surface area contributed by atoms with Crippen LogP contribution in [0.1, 0.15) is 30.1 Å². The maximum atomic E-state index is 12.6. The number of amides is 1. The molecule has 3 rings (SSSR count). The second-order valence-electron chi connectivity index (χ2n) is 5.39. The molecule has 1 atom stereocenters. The Morgan fingerprint density at radius 2 is 2.32 bits per heavy atom. The van der Waals surface area contributed by atoms with Crippen molar-refractivity contribution in [2.75, 3.05) is 13.1 Å². The van der Waals surface area contributed by atoms with E-state index in [0.29, 0.717) is 5.92 Å². The molecule has 3 nitrogen and oxygen atoms in total. The molecule has 1 aliphatic heterocycles. The van der Waals surface area contributed by atoms with Crippen LogP contribution in [-0.4, -0.2) is 28.9 Å². The van der Waals surface area contributed by atoms with Crippen molar-refractivity contribution in [3.8, 4) is 0 Å². The fraction of sp³-hybridized carbons (Fsp3) is 0.400. The van der Waals surface area contributed by atoms with E-state index < -0.39 is 0 Å². The van der Waals surface area contributed by atoms with Crippen LogP contribution < -0.4 is 0 Å². The summed E-state index contributed by atoms with van der Waals surface area (Å²) in [7, 11) is 0. The third kappa shape index (κ3) is 2.41. The Kier molecular flexibility index (Phi) is 3.35. The molecule has 0 saturated carbocycles. The van der Waals surface area contributed by atoms with E-state index in [0.717, 1.165) is 40.4 Å². The van der Waals surface area contributed by atoms with Crippen molar-refractivity contribution in [1.82, 2.24) is 9.88 Å². The number of halogens is 1. The Labute approximate surface area is 121 Å². The normalized spacial score (nSPS) is 19.9. The van der Waals surface area contributed by atoms with E-state index in [2.05, 4.69) is 27.8 Å². The molecular formula is C15H17BrN2O. The van der Waals surface area contributed by atoms with Crippen molar-refractivity contribution >= 4 is 32.7 Å². The first-order chi connectivity index (χ1) is 9.15. The predicted octanol–water partition coefficient (Wildman–Crippen LogP) is 3.80. The average molecular weight is 321 g/mol. The smallest absolute Gasteiger partial charge is 0.256 e. The molecule has 1 fully saturated rings. The largest absolute Gasteiger partial charge is 0.360 e. The van der Waals surface area contributed by atoms with E-state index in [1.165, 1.54) is 6.42 Å². The summed E-state index contributed by atoms with van der Waals surface area (Å²) >= 11 is 3.47. The Morgan fingerprint density at radius 1 is 1.47 bits per heavy atom. The molecule has 1 aromatic carbocycles. The third-order valence-electron chi connectivity index (χ3n) is 3.82. The Hall–Kier alpha value is -1.29. The Bertz CT molecular complexity index is 620. The zero-order valence-electron chi connectivity index (χ0n) is 10.9. The van der Waals surface area contributed by atoms with Crippen LogP contribution in [0.4, 0.5) is 0 Å². The number of hydrogen-bond donors (Lipinski definition) is 1. The number of nitrogens with one attached hydrogen (secondary N) is 1.